The van der Waals surface area contributed by atoms with Crippen LogP contribution in [0.4, 0.5) is 0 Å². The number of aromatic nitrogens is 1. The molecular weight excluding hydrogens is 416 g/mol. The molecule has 8 heteroatoms. The second-order valence-corrected chi connectivity index (χ2v) is 10.2. The maximum absolute atomic E-state index is 13.5. The highest BCUT2D eigenvalue weighted by molar-refractivity contribution is 7.89. The highest BCUT2D eigenvalue weighted by Gasteiger charge is 2.36. The molecule has 0 aliphatic carbocycles. The Labute approximate surface area is 185 Å². The zero-order valence-electron chi connectivity index (χ0n) is 19.5. The van der Waals surface area contributed by atoms with Gasteiger partial charge < -0.3 is 9.30 Å². The topological polar surface area (TPSA) is 85.7 Å². The summed E-state index contributed by atoms with van der Waals surface area (Å²) in [5.74, 6) is -0.878. The number of benzene rings is 1. The van der Waals surface area contributed by atoms with Crippen molar-refractivity contribution in [2.24, 2.45) is 13.0 Å². The molecule has 0 radical (unpaired) electrons. The molecule has 0 fully saturated rings. The summed E-state index contributed by atoms with van der Waals surface area (Å²) < 4.78 is 34.6. The first-order valence-electron chi connectivity index (χ1n) is 10.2. The van der Waals surface area contributed by atoms with E-state index in [-0.39, 0.29) is 28.8 Å². The van der Waals surface area contributed by atoms with Crippen LogP contribution in [0.1, 0.15) is 58.4 Å². The third-order valence-electron chi connectivity index (χ3n) is 5.54. The molecule has 0 bridgehead atoms. The van der Waals surface area contributed by atoms with Crippen molar-refractivity contribution in [2.75, 3.05) is 13.7 Å². The van der Waals surface area contributed by atoms with Crippen LogP contribution in [0, 0.1) is 26.7 Å². The van der Waals surface area contributed by atoms with Crippen molar-refractivity contribution in [3.63, 3.8) is 0 Å². The van der Waals surface area contributed by atoms with Crippen molar-refractivity contribution >= 4 is 21.8 Å². The molecule has 2 rings (SSSR count). The normalized spacial score (nSPS) is 13.0. The van der Waals surface area contributed by atoms with Crippen LogP contribution in [0.2, 0.25) is 0 Å². The van der Waals surface area contributed by atoms with E-state index >= 15 is 0 Å². The summed E-state index contributed by atoms with van der Waals surface area (Å²) in [6.07, 6.45) is 0. The first-order valence-corrected chi connectivity index (χ1v) is 11.6. The van der Waals surface area contributed by atoms with Crippen molar-refractivity contribution in [1.82, 2.24) is 8.87 Å². The van der Waals surface area contributed by atoms with Crippen LogP contribution in [0.3, 0.4) is 0 Å². The van der Waals surface area contributed by atoms with Gasteiger partial charge in [-0.25, -0.2) is 13.2 Å². The van der Waals surface area contributed by atoms with Gasteiger partial charge in [-0.2, -0.15) is 4.31 Å². The molecule has 7 nitrogen and oxygen atoms in total. The number of carbonyl (C=O) groups is 2. The number of sulfonamides is 1. The lowest BCUT2D eigenvalue weighted by Crippen LogP contribution is -2.45. The Balaban J connectivity index is 2.57. The number of rotatable bonds is 8. The summed E-state index contributed by atoms with van der Waals surface area (Å²) in [6.45, 7) is 10.9. The van der Waals surface area contributed by atoms with Gasteiger partial charge in [0.25, 0.3) is 0 Å². The number of aryl methyl sites for hydroxylation is 1. The molecular formula is C23H32N2O5S. The molecule has 0 N–H and O–H groups in total. The molecule has 31 heavy (non-hydrogen) atoms. The van der Waals surface area contributed by atoms with Crippen LogP contribution in [-0.2, 0) is 21.8 Å². The number of hydrogen-bond donors (Lipinski definition) is 0. The second-order valence-electron chi connectivity index (χ2n) is 8.31. The van der Waals surface area contributed by atoms with Crippen LogP contribution < -0.4 is 0 Å². The van der Waals surface area contributed by atoms with Gasteiger partial charge in [0.2, 0.25) is 10.0 Å². The average molecular weight is 449 g/mol. The predicted octanol–water partition coefficient (Wildman–Crippen LogP) is 3.66. The Kier molecular flexibility index (Phi) is 7.49. The van der Waals surface area contributed by atoms with Crippen LogP contribution in [0.5, 0.6) is 0 Å². The summed E-state index contributed by atoms with van der Waals surface area (Å²) in [5, 5.41) is 0. The SMILES string of the molecule is COC(=O)c1c(C)c(C(=O)[C@H](C)N(CC(C)C)S(=O)(=O)c2ccc(C)cc2)c(C)n1C. The van der Waals surface area contributed by atoms with Gasteiger partial charge in [-0.15, -0.1) is 0 Å². The summed E-state index contributed by atoms with van der Waals surface area (Å²) in [7, 11) is -0.931. The fourth-order valence-corrected chi connectivity index (χ4v) is 5.49. The molecule has 1 aromatic heterocycles. The van der Waals surface area contributed by atoms with E-state index in [9.17, 15) is 18.0 Å². The molecule has 2 aromatic rings. The van der Waals surface area contributed by atoms with E-state index in [2.05, 4.69) is 0 Å². The number of methoxy groups -OCH3 is 1. The third kappa shape index (κ3) is 4.75. The first kappa shape index (κ1) is 24.8. The Bertz CT molecular complexity index is 1080. The quantitative estimate of drug-likeness (QED) is 0.454. The van der Waals surface area contributed by atoms with Crippen LogP contribution in [0.25, 0.3) is 0 Å². The molecule has 170 valence electrons. The lowest BCUT2D eigenvalue weighted by atomic mass is 10.0. The van der Waals surface area contributed by atoms with Gasteiger partial charge in [0.1, 0.15) is 5.69 Å². The number of esters is 1. The molecule has 0 unspecified atom stereocenters. The predicted molar refractivity (Wildman–Crippen MR) is 120 cm³/mol. The van der Waals surface area contributed by atoms with E-state index in [0.717, 1.165) is 5.56 Å². The lowest BCUT2D eigenvalue weighted by Gasteiger charge is -2.29. The summed E-state index contributed by atoms with van der Waals surface area (Å²) in [5.41, 5.74) is 2.66. The smallest absolute Gasteiger partial charge is 0.354 e. The molecule has 1 aromatic carbocycles. The Morgan fingerprint density at radius 1 is 1.06 bits per heavy atom. The first-order chi connectivity index (χ1) is 14.3. The molecule has 0 aliphatic heterocycles. The Hall–Kier alpha value is -2.45. The molecule has 0 saturated heterocycles. The summed E-state index contributed by atoms with van der Waals surface area (Å²) in [4.78, 5) is 25.9. The van der Waals surface area contributed by atoms with Crippen molar-refractivity contribution in [3.8, 4) is 0 Å². The highest BCUT2D eigenvalue weighted by Crippen LogP contribution is 2.27. The summed E-state index contributed by atoms with van der Waals surface area (Å²) >= 11 is 0. The fraction of sp³-hybridized carbons (Fsp3) is 0.478. The minimum Gasteiger partial charge on any atom is -0.464 e. The minimum absolute atomic E-state index is 0.0130. The fourth-order valence-electron chi connectivity index (χ4n) is 3.74. The molecule has 1 atom stereocenters. The van der Waals surface area contributed by atoms with E-state index in [0.29, 0.717) is 16.8 Å². The zero-order chi connectivity index (χ0) is 23.7. The van der Waals surface area contributed by atoms with Gasteiger partial charge in [0.15, 0.2) is 5.78 Å². The number of ether oxygens (including phenoxy) is 1. The van der Waals surface area contributed by atoms with Crippen molar-refractivity contribution in [3.05, 3.63) is 52.3 Å². The maximum Gasteiger partial charge on any atom is 0.354 e. The van der Waals surface area contributed by atoms with Gasteiger partial charge in [-0.3, -0.25) is 4.79 Å². The number of hydrogen-bond acceptors (Lipinski definition) is 5. The monoisotopic (exact) mass is 448 g/mol. The van der Waals surface area contributed by atoms with E-state index in [1.54, 1.807) is 56.7 Å². The number of ketones is 1. The van der Waals surface area contributed by atoms with E-state index in [1.807, 2.05) is 20.8 Å². The van der Waals surface area contributed by atoms with Crippen LogP contribution >= 0.6 is 0 Å². The minimum atomic E-state index is -3.90. The number of nitrogens with zero attached hydrogens (tertiary/aromatic N) is 2. The van der Waals surface area contributed by atoms with E-state index in [4.69, 9.17) is 4.74 Å². The van der Waals surface area contributed by atoms with Gasteiger partial charge >= 0.3 is 5.97 Å². The van der Waals surface area contributed by atoms with Crippen molar-refractivity contribution in [1.29, 1.82) is 0 Å². The largest absolute Gasteiger partial charge is 0.464 e. The van der Waals surface area contributed by atoms with E-state index < -0.39 is 22.0 Å². The highest BCUT2D eigenvalue weighted by atomic mass is 32.2. The average Bonchev–Trinajstić information content (AvgIpc) is 2.93. The van der Waals surface area contributed by atoms with Crippen LogP contribution in [-0.4, -0.2) is 48.7 Å². The van der Waals surface area contributed by atoms with E-state index in [1.165, 1.54) is 11.4 Å². The molecule has 0 spiro atoms. The van der Waals surface area contributed by atoms with Gasteiger partial charge in [0, 0.05) is 24.8 Å². The number of Topliss-reactive ketones (excluding diaryl/α,β-unsaturated/α-hetero) is 1. The molecule has 0 amide bonds. The van der Waals surface area contributed by atoms with Gasteiger partial charge in [-0.1, -0.05) is 31.5 Å². The lowest BCUT2D eigenvalue weighted by molar-refractivity contribution is 0.0588. The maximum atomic E-state index is 13.5. The Morgan fingerprint density at radius 3 is 2.10 bits per heavy atom. The number of carbonyl (C=O) groups excluding carboxylic acids is 2. The Morgan fingerprint density at radius 2 is 1.61 bits per heavy atom. The second kappa shape index (κ2) is 9.36. The molecule has 1 heterocycles. The molecule has 0 aliphatic rings. The summed E-state index contributed by atoms with van der Waals surface area (Å²) in [6, 6.07) is 5.65. The van der Waals surface area contributed by atoms with Crippen molar-refractivity contribution < 1.29 is 22.7 Å². The zero-order valence-corrected chi connectivity index (χ0v) is 20.3. The van der Waals surface area contributed by atoms with Crippen LogP contribution in [0.15, 0.2) is 29.2 Å². The molecule has 0 saturated carbocycles. The van der Waals surface area contributed by atoms with Gasteiger partial charge in [0.05, 0.1) is 18.0 Å². The standard InChI is InChI=1S/C23H32N2O5S/c1-14(2)13-25(31(28,29)19-11-9-15(3)10-12-19)18(6)22(26)20-16(4)21(23(27)30-8)24(7)17(20)5/h9-12,14,18H,13H2,1-8H3/t18-/m0/s1. The van der Waals surface area contributed by atoms with Crippen molar-refractivity contribution in [2.45, 2.75) is 52.5 Å². The van der Waals surface area contributed by atoms with Gasteiger partial charge in [-0.05, 0) is 51.3 Å². The third-order valence-corrected chi connectivity index (χ3v) is 7.49.